The van der Waals surface area contributed by atoms with Gasteiger partial charge in [0.05, 0.1) is 0 Å². The lowest BCUT2D eigenvalue weighted by molar-refractivity contribution is -0.120. The molecule has 1 aromatic heterocycles. The van der Waals surface area contributed by atoms with Crippen molar-refractivity contribution >= 4 is 5.78 Å². The van der Waals surface area contributed by atoms with E-state index in [1.807, 2.05) is 46.8 Å². The van der Waals surface area contributed by atoms with Gasteiger partial charge in [0.2, 0.25) is 0 Å². The minimum absolute atomic E-state index is 0.264. The van der Waals surface area contributed by atoms with Crippen LogP contribution in [0.3, 0.4) is 0 Å². The van der Waals surface area contributed by atoms with E-state index in [-0.39, 0.29) is 5.92 Å². The monoisotopic (exact) mass is 223 g/mol. The molecule has 0 fully saturated rings. The fraction of sp³-hybridized carbons (Fsp3) is 0.571. The summed E-state index contributed by atoms with van der Waals surface area (Å²) in [6.45, 7) is 11.6. The van der Waals surface area contributed by atoms with Crippen molar-refractivity contribution in [3.8, 4) is 0 Å². The maximum atomic E-state index is 10.4. The maximum Gasteiger partial charge on any atom is 0.132 e. The minimum atomic E-state index is 0.264. The van der Waals surface area contributed by atoms with Crippen LogP contribution in [-0.2, 0) is 4.79 Å². The molecule has 2 nitrogen and oxygen atoms in total. The molecule has 0 N–H and O–H groups in total. The molecule has 1 rings (SSSR count). The van der Waals surface area contributed by atoms with Crippen molar-refractivity contribution in [1.82, 2.24) is 4.98 Å². The second-order valence-corrected chi connectivity index (χ2v) is 3.44. The number of carbonyl (C=O) groups is 1. The standard InChI is InChI=1S/C6H7N.C6H12O.C2H6/c1-6-2-4-7-5-3-6;1-4-5(2)6(3)7;1-2/h2-5H,1H3;5H,4H2,1-3H3;1-2H3. The fourth-order valence-electron chi connectivity index (χ4n) is 0.714. The van der Waals surface area contributed by atoms with E-state index in [1.165, 1.54) is 5.56 Å². The average molecular weight is 223 g/mol. The smallest absolute Gasteiger partial charge is 0.132 e. The predicted molar refractivity (Wildman–Crippen MR) is 70.5 cm³/mol. The van der Waals surface area contributed by atoms with E-state index in [2.05, 4.69) is 4.98 Å². The SMILES string of the molecule is CC.CCC(C)C(C)=O.Cc1ccncc1. The largest absolute Gasteiger partial charge is 0.300 e. The number of hydrogen-bond acceptors (Lipinski definition) is 2. The molecule has 0 aliphatic rings. The van der Waals surface area contributed by atoms with Crippen molar-refractivity contribution in [3.63, 3.8) is 0 Å². The van der Waals surface area contributed by atoms with Crippen LogP contribution in [0.4, 0.5) is 0 Å². The third kappa shape index (κ3) is 10.9. The van der Waals surface area contributed by atoms with E-state index in [4.69, 9.17) is 0 Å². The van der Waals surface area contributed by atoms with E-state index < -0.39 is 0 Å². The van der Waals surface area contributed by atoms with E-state index in [0.29, 0.717) is 5.78 Å². The van der Waals surface area contributed by atoms with Crippen molar-refractivity contribution in [2.24, 2.45) is 5.92 Å². The Kier molecular flexibility index (Phi) is 12.8. The number of carbonyl (C=O) groups excluding carboxylic acids is 1. The summed E-state index contributed by atoms with van der Waals surface area (Å²) in [6.07, 6.45) is 4.54. The molecule has 0 saturated carbocycles. The van der Waals surface area contributed by atoms with Gasteiger partial charge < -0.3 is 0 Å². The van der Waals surface area contributed by atoms with Gasteiger partial charge in [0, 0.05) is 18.3 Å². The van der Waals surface area contributed by atoms with Crippen molar-refractivity contribution in [1.29, 1.82) is 0 Å². The molecule has 0 radical (unpaired) electrons. The van der Waals surface area contributed by atoms with Crippen LogP contribution in [-0.4, -0.2) is 10.8 Å². The van der Waals surface area contributed by atoms with Gasteiger partial charge in [-0.05, 0) is 38.0 Å². The molecule has 2 heteroatoms. The lowest BCUT2D eigenvalue weighted by Crippen LogP contribution is -2.03. The topological polar surface area (TPSA) is 30.0 Å². The van der Waals surface area contributed by atoms with Crippen LogP contribution in [0.25, 0.3) is 0 Å². The van der Waals surface area contributed by atoms with Crippen molar-refractivity contribution in [2.75, 3.05) is 0 Å². The first-order valence-electron chi connectivity index (χ1n) is 5.95. The molecule has 1 aromatic rings. The van der Waals surface area contributed by atoms with Crippen molar-refractivity contribution in [3.05, 3.63) is 30.1 Å². The number of rotatable bonds is 2. The molecule has 0 bridgehead atoms. The van der Waals surface area contributed by atoms with Gasteiger partial charge in [-0.25, -0.2) is 0 Å². The average Bonchev–Trinajstić information content (AvgIpc) is 2.32. The molecular weight excluding hydrogens is 198 g/mol. The molecule has 16 heavy (non-hydrogen) atoms. The first-order chi connectivity index (χ1) is 7.57. The van der Waals surface area contributed by atoms with Crippen LogP contribution in [0, 0.1) is 12.8 Å². The summed E-state index contributed by atoms with van der Waals surface area (Å²) in [7, 11) is 0. The molecule has 1 unspecified atom stereocenters. The lowest BCUT2D eigenvalue weighted by Gasteiger charge is -1.98. The Morgan fingerprint density at radius 3 is 1.88 bits per heavy atom. The van der Waals surface area contributed by atoms with Crippen LogP contribution >= 0.6 is 0 Å². The highest BCUT2D eigenvalue weighted by Gasteiger charge is 2.01. The minimum Gasteiger partial charge on any atom is -0.300 e. The zero-order chi connectivity index (χ0) is 13.0. The summed E-state index contributed by atoms with van der Waals surface area (Å²) in [5, 5.41) is 0. The summed E-state index contributed by atoms with van der Waals surface area (Å²) in [6, 6.07) is 3.94. The summed E-state index contributed by atoms with van der Waals surface area (Å²) in [5.74, 6) is 0.558. The first kappa shape index (κ1) is 17.2. The van der Waals surface area contributed by atoms with Crippen LogP contribution in [0.2, 0.25) is 0 Å². The quantitative estimate of drug-likeness (QED) is 0.757. The van der Waals surface area contributed by atoms with Crippen LogP contribution in [0.15, 0.2) is 24.5 Å². The predicted octanol–water partition coefficient (Wildman–Crippen LogP) is 4.04. The van der Waals surface area contributed by atoms with E-state index in [9.17, 15) is 4.79 Å². The second-order valence-electron chi connectivity index (χ2n) is 3.44. The zero-order valence-corrected chi connectivity index (χ0v) is 11.4. The Bertz CT molecular complexity index is 257. The number of aryl methyl sites for hydroxylation is 1. The van der Waals surface area contributed by atoms with E-state index >= 15 is 0 Å². The highest BCUT2D eigenvalue weighted by atomic mass is 16.1. The number of pyridine rings is 1. The van der Waals surface area contributed by atoms with Gasteiger partial charge in [-0.3, -0.25) is 9.78 Å². The van der Waals surface area contributed by atoms with Gasteiger partial charge in [-0.2, -0.15) is 0 Å². The number of nitrogens with zero attached hydrogens (tertiary/aromatic N) is 1. The van der Waals surface area contributed by atoms with Crippen molar-refractivity contribution < 1.29 is 4.79 Å². The van der Waals surface area contributed by atoms with Gasteiger partial charge in [-0.15, -0.1) is 0 Å². The summed E-state index contributed by atoms with van der Waals surface area (Å²) < 4.78 is 0. The molecule has 0 aliphatic carbocycles. The number of ketones is 1. The van der Waals surface area contributed by atoms with Gasteiger partial charge in [0.15, 0.2) is 0 Å². The molecule has 0 spiro atoms. The number of Topliss-reactive ketones (excluding diaryl/α,β-unsaturated/α-hetero) is 1. The zero-order valence-electron chi connectivity index (χ0n) is 11.4. The van der Waals surface area contributed by atoms with Crippen LogP contribution in [0.5, 0.6) is 0 Å². The third-order valence-electron chi connectivity index (χ3n) is 2.15. The Balaban J connectivity index is 0. The first-order valence-corrected chi connectivity index (χ1v) is 5.95. The van der Waals surface area contributed by atoms with Gasteiger partial charge in [0.1, 0.15) is 5.78 Å². The Labute approximate surface area is 100 Å². The van der Waals surface area contributed by atoms with Gasteiger partial charge in [0.25, 0.3) is 0 Å². The second kappa shape index (κ2) is 11.9. The summed E-state index contributed by atoms with van der Waals surface area (Å²) >= 11 is 0. The number of aromatic nitrogens is 1. The summed E-state index contributed by atoms with van der Waals surface area (Å²) in [5.41, 5.74) is 1.26. The molecule has 92 valence electrons. The molecule has 1 atom stereocenters. The molecular formula is C14H25NO. The highest BCUT2D eigenvalue weighted by Crippen LogP contribution is 1.99. The molecule has 0 aromatic carbocycles. The lowest BCUT2D eigenvalue weighted by atomic mass is 10.1. The van der Waals surface area contributed by atoms with Crippen LogP contribution < -0.4 is 0 Å². The summed E-state index contributed by atoms with van der Waals surface area (Å²) in [4.78, 5) is 14.2. The van der Waals surface area contributed by atoms with E-state index in [0.717, 1.165) is 6.42 Å². The number of hydrogen-bond donors (Lipinski definition) is 0. The maximum absolute atomic E-state index is 10.4. The molecule has 0 amide bonds. The molecule has 0 aliphatic heterocycles. The Morgan fingerprint density at radius 2 is 1.75 bits per heavy atom. The van der Waals surface area contributed by atoms with E-state index in [1.54, 1.807) is 19.3 Å². The van der Waals surface area contributed by atoms with Crippen molar-refractivity contribution in [2.45, 2.75) is 48.0 Å². The third-order valence-corrected chi connectivity index (χ3v) is 2.15. The molecule has 0 saturated heterocycles. The highest BCUT2D eigenvalue weighted by molar-refractivity contribution is 5.77. The fourth-order valence-corrected chi connectivity index (χ4v) is 0.714. The van der Waals surface area contributed by atoms with Gasteiger partial charge in [-0.1, -0.05) is 27.7 Å². The molecule has 1 heterocycles. The van der Waals surface area contributed by atoms with Gasteiger partial charge >= 0.3 is 0 Å². The Hall–Kier alpha value is -1.18. The normalized spacial score (nSPS) is 10.1. The van der Waals surface area contributed by atoms with Crippen LogP contribution in [0.1, 0.15) is 46.6 Å². The Morgan fingerprint density at radius 1 is 1.31 bits per heavy atom.